The standard InChI is InChI=1S/C17H24N4O2S/c1-4-14-6-8-15(9-7-14)19-16(22)13(2)24-17-20-18-12-21(17)10-5-11-23-3/h6-9,12-13H,4-5,10-11H2,1-3H3,(H,19,22). The van der Waals surface area contributed by atoms with Crippen molar-refractivity contribution < 1.29 is 9.53 Å². The Morgan fingerprint density at radius 1 is 1.38 bits per heavy atom. The molecule has 2 aromatic rings. The van der Waals surface area contributed by atoms with Gasteiger partial charge in [0, 0.05) is 25.9 Å². The molecule has 24 heavy (non-hydrogen) atoms. The van der Waals surface area contributed by atoms with E-state index in [1.165, 1.54) is 17.3 Å². The number of ether oxygens (including phenoxy) is 1. The second-order valence-corrected chi connectivity index (χ2v) is 6.76. The van der Waals surface area contributed by atoms with Crippen LogP contribution in [0.2, 0.25) is 0 Å². The van der Waals surface area contributed by atoms with Crippen molar-refractivity contribution in [1.29, 1.82) is 0 Å². The number of hydrogen-bond acceptors (Lipinski definition) is 5. The highest BCUT2D eigenvalue weighted by molar-refractivity contribution is 8.00. The van der Waals surface area contributed by atoms with Gasteiger partial charge in [0.2, 0.25) is 5.91 Å². The third-order valence-electron chi connectivity index (χ3n) is 3.61. The first-order valence-electron chi connectivity index (χ1n) is 8.07. The van der Waals surface area contributed by atoms with Crippen LogP contribution in [0.3, 0.4) is 0 Å². The van der Waals surface area contributed by atoms with Crippen LogP contribution in [0.4, 0.5) is 5.69 Å². The fourth-order valence-corrected chi connectivity index (χ4v) is 3.00. The van der Waals surface area contributed by atoms with E-state index < -0.39 is 0 Å². The predicted molar refractivity (Wildman–Crippen MR) is 96.3 cm³/mol. The van der Waals surface area contributed by atoms with Crippen molar-refractivity contribution in [2.75, 3.05) is 19.0 Å². The molecule has 0 spiro atoms. The smallest absolute Gasteiger partial charge is 0.237 e. The van der Waals surface area contributed by atoms with Gasteiger partial charge in [-0.3, -0.25) is 4.79 Å². The van der Waals surface area contributed by atoms with Crippen molar-refractivity contribution in [3.63, 3.8) is 0 Å². The third-order valence-corrected chi connectivity index (χ3v) is 4.70. The number of anilines is 1. The summed E-state index contributed by atoms with van der Waals surface area (Å²) in [6.45, 7) is 5.44. The average molecular weight is 348 g/mol. The lowest BCUT2D eigenvalue weighted by Gasteiger charge is -2.12. The van der Waals surface area contributed by atoms with E-state index in [2.05, 4.69) is 22.4 Å². The van der Waals surface area contributed by atoms with E-state index in [0.29, 0.717) is 6.61 Å². The number of hydrogen-bond donors (Lipinski definition) is 1. The maximum absolute atomic E-state index is 12.4. The molecule has 0 bridgehead atoms. The highest BCUT2D eigenvalue weighted by Crippen LogP contribution is 2.22. The number of nitrogens with one attached hydrogen (secondary N) is 1. The molecular formula is C17H24N4O2S. The minimum absolute atomic E-state index is 0.0457. The third kappa shape index (κ3) is 5.35. The summed E-state index contributed by atoms with van der Waals surface area (Å²) in [5.41, 5.74) is 2.06. The molecule has 0 fully saturated rings. The van der Waals surface area contributed by atoms with E-state index in [1.807, 2.05) is 35.8 Å². The summed E-state index contributed by atoms with van der Waals surface area (Å²) in [5.74, 6) is -0.0457. The van der Waals surface area contributed by atoms with E-state index in [0.717, 1.165) is 30.2 Å². The molecule has 2 rings (SSSR count). The van der Waals surface area contributed by atoms with E-state index >= 15 is 0 Å². The molecule has 0 saturated heterocycles. The number of nitrogens with zero attached hydrogens (tertiary/aromatic N) is 3. The molecule has 0 radical (unpaired) electrons. The molecule has 0 saturated carbocycles. The summed E-state index contributed by atoms with van der Waals surface area (Å²) in [6, 6.07) is 7.92. The molecule has 1 heterocycles. The first-order chi connectivity index (χ1) is 11.6. The Morgan fingerprint density at radius 2 is 2.12 bits per heavy atom. The zero-order valence-electron chi connectivity index (χ0n) is 14.4. The lowest BCUT2D eigenvalue weighted by atomic mass is 10.1. The van der Waals surface area contributed by atoms with Gasteiger partial charge in [-0.2, -0.15) is 0 Å². The molecule has 1 aromatic heterocycles. The molecule has 1 atom stereocenters. The Balaban J connectivity index is 1.90. The Morgan fingerprint density at radius 3 is 2.79 bits per heavy atom. The predicted octanol–water partition coefficient (Wildman–Crippen LogP) is 3.00. The lowest BCUT2D eigenvalue weighted by molar-refractivity contribution is -0.115. The number of aryl methyl sites for hydroxylation is 2. The fraction of sp³-hybridized carbons (Fsp3) is 0.471. The van der Waals surface area contributed by atoms with Crippen molar-refractivity contribution in [3.05, 3.63) is 36.2 Å². The topological polar surface area (TPSA) is 69.0 Å². The van der Waals surface area contributed by atoms with E-state index in [4.69, 9.17) is 4.74 Å². The van der Waals surface area contributed by atoms with Gasteiger partial charge >= 0.3 is 0 Å². The van der Waals surface area contributed by atoms with Crippen LogP contribution in [0, 0.1) is 0 Å². The molecule has 1 aromatic carbocycles. The van der Waals surface area contributed by atoms with Gasteiger partial charge in [-0.25, -0.2) is 0 Å². The number of benzene rings is 1. The second-order valence-electron chi connectivity index (χ2n) is 5.45. The first-order valence-corrected chi connectivity index (χ1v) is 8.95. The fourth-order valence-electron chi connectivity index (χ4n) is 2.15. The largest absolute Gasteiger partial charge is 0.385 e. The zero-order valence-corrected chi connectivity index (χ0v) is 15.2. The number of rotatable bonds is 9. The van der Waals surface area contributed by atoms with Crippen molar-refractivity contribution in [3.8, 4) is 0 Å². The number of methoxy groups -OCH3 is 1. The Kier molecular flexibility index (Phi) is 7.27. The van der Waals surface area contributed by atoms with Crippen LogP contribution in [0.1, 0.15) is 25.8 Å². The first kappa shape index (κ1) is 18.5. The van der Waals surface area contributed by atoms with Gasteiger partial charge in [0.15, 0.2) is 5.16 Å². The van der Waals surface area contributed by atoms with Crippen LogP contribution < -0.4 is 5.32 Å². The van der Waals surface area contributed by atoms with Crippen LogP contribution in [0.15, 0.2) is 35.7 Å². The Bertz CT molecular complexity index is 642. The normalized spacial score (nSPS) is 12.1. The summed E-state index contributed by atoms with van der Waals surface area (Å²) in [5, 5.41) is 11.5. The highest BCUT2D eigenvalue weighted by atomic mass is 32.2. The summed E-state index contributed by atoms with van der Waals surface area (Å²) in [6.07, 6.45) is 3.55. The number of thioether (sulfide) groups is 1. The van der Waals surface area contributed by atoms with Gasteiger partial charge in [-0.1, -0.05) is 30.8 Å². The number of amides is 1. The number of carbonyl (C=O) groups excluding carboxylic acids is 1. The molecule has 130 valence electrons. The molecule has 0 aliphatic heterocycles. The molecule has 0 aliphatic rings. The highest BCUT2D eigenvalue weighted by Gasteiger charge is 2.18. The SMILES string of the molecule is CCc1ccc(NC(=O)C(C)Sc2nncn2CCCOC)cc1. The van der Waals surface area contributed by atoms with Crippen molar-refractivity contribution in [1.82, 2.24) is 14.8 Å². The molecule has 6 nitrogen and oxygen atoms in total. The zero-order chi connectivity index (χ0) is 17.4. The van der Waals surface area contributed by atoms with Gasteiger partial charge in [-0.15, -0.1) is 10.2 Å². The quantitative estimate of drug-likeness (QED) is 0.557. The second kappa shape index (κ2) is 9.44. The van der Waals surface area contributed by atoms with Crippen LogP contribution in [-0.4, -0.2) is 39.6 Å². The average Bonchev–Trinajstić information content (AvgIpc) is 3.03. The van der Waals surface area contributed by atoms with E-state index in [1.54, 1.807) is 13.4 Å². The molecule has 7 heteroatoms. The maximum atomic E-state index is 12.4. The minimum Gasteiger partial charge on any atom is -0.385 e. The van der Waals surface area contributed by atoms with Crippen molar-refractivity contribution >= 4 is 23.4 Å². The van der Waals surface area contributed by atoms with Crippen molar-refractivity contribution in [2.45, 2.75) is 43.6 Å². The number of carbonyl (C=O) groups is 1. The van der Waals surface area contributed by atoms with Crippen molar-refractivity contribution in [2.24, 2.45) is 0 Å². The van der Waals surface area contributed by atoms with Crippen LogP contribution in [-0.2, 0) is 22.5 Å². The van der Waals surface area contributed by atoms with Gasteiger partial charge in [0.05, 0.1) is 5.25 Å². The monoisotopic (exact) mass is 348 g/mol. The summed E-state index contributed by atoms with van der Waals surface area (Å²) in [7, 11) is 1.68. The van der Waals surface area contributed by atoms with E-state index in [-0.39, 0.29) is 11.2 Å². The van der Waals surface area contributed by atoms with Crippen LogP contribution >= 0.6 is 11.8 Å². The molecule has 1 N–H and O–H groups in total. The molecular weight excluding hydrogens is 324 g/mol. The molecule has 1 amide bonds. The summed E-state index contributed by atoms with van der Waals surface area (Å²) < 4.78 is 7.01. The van der Waals surface area contributed by atoms with Crippen LogP contribution in [0.5, 0.6) is 0 Å². The van der Waals surface area contributed by atoms with Crippen LogP contribution in [0.25, 0.3) is 0 Å². The van der Waals surface area contributed by atoms with Gasteiger partial charge in [0.25, 0.3) is 0 Å². The van der Waals surface area contributed by atoms with Gasteiger partial charge in [-0.05, 0) is 37.5 Å². The van der Waals surface area contributed by atoms with Gasteiger partial charge in [0.1, 0.15) is 6.33 Å². The molecule has 1 unspecified atom stereocenters. The lowest BCUT2D eigenvalue weighted by Crippen LogP contribution is -2.23. The van der Waals surface area contributed by atoms with Gasteiger partial charge < -0.3 is 14.6 Å². The summed E-state index contributed by atoms with van der Waals surface area (Å²) >= 11 is 1.41. The van der Waals surface area contributed by atoms with E-state index in [9.17, 15) is 4.79 Å². The number of aromatic nitrogens is 3. The molecule has 0 aliphatic carbocycles. The Hall–Kier alpha value is -1.86. The maximum Gasteiger partial charge on any atom is 0.237 e. The summed E-state index contributed by atoms with van der Waals surface area (Å²) in [4.78, 5) is 12.4. The minimum atomic E-state index is -0.263. The Labute approximate surface area is 147 Å².